The number of aromatic nitrogens is 3. The maximum Gasteiger partial charge on any atom is 0.330 e. The van der Waals surface area contributed by atoms with Gasteiger partial charge in [-0.05, 0) is 19.1 Å². The van der Waals surface area contributed by atoms with Gasteiger partial charge in [0.05, 0.1) is 34.3 Å². The van der Waals surface area contributed by atoms with E-state index in [0.29, 0.717) is 33.8 Å². The summed E-state index contributed by atoms with van der Waals surface area (Å²) in [5, 5.41) is 11.8. The molecule has 0 aliphatic carbocycles. The molecule has 0 saturated carbocycles. The Labute approximate surface area is 176 Å². The van der Waals surface area contributed by atoms with Crippen molar-refractivity contribution in [1.82, 2.24) is 13.7 Å². The van der Waals surface area contributed by atoms with Crippen LogP contribution in [0.25, 0.3) is 27.8 Å². The normalized spacial score (nSPS) is 11.1. The Bertz CT molecular complexity index is 1480. The van der Waals surface area contributed by atoms with E-state index in [1.807, 2.05) is 18.2 Å². The van der Waals surface area contributed by atoms with Gasteiger partial charge < -0.3 is 9.30 Å². The second-order valence-electron chi connectivity index (χ2n) is 7.24. The molecule has 0 aliphatic rings. The molecule has 2 aromatic carbocycles. The Morgan fingerprint density at radius 2 is 1.74 bits per heavy atom. The fraction of sp³-hybridized carbons (Fsp3) is 0.182. The van der Waals surface area contributed by atoms with Gasteiger partial charge in [-0.2, -0.15) is 0 Å². The first-order valence-electron chi connectivity index (χ1n) is 9.46. The van der Waals surface area contributed by atoms with Gasteiger partial charge in [-0.3, -0.25) is 24.0 Å². The van der Waals surface area contributed by atoms with E-state index in [0.717, 1.165) is 4.57 Å². The Hall–Kier alpha value is -4.14. The number of para-hydroxylation sites is 2. The Balaban J connectivity index is 2.22. The molecule has 9 nitrogen and oxygen atoms in total. The van der Waals surface area contributed by atoms with Crippen LogP contribution in [-0.2, 0) is 14.1 Å². The van der Waals surface area contributed by atoms with Crippen LogP contribution in [0, 0.1) is 17.0 Å². The molecular formula is C22H20N4O5. The van der Waals surface area contributed by atoms with Crippen molar-refractivity contribution in [2.75, 3.05) is 7.11 Å². The van der Waals surface area contributed by atoms with Crippen molar-refractivity contribution >= 4 is 16.6 Å². The molecule has 158 valence electrons. The SMILES string of the molecule is COc1ccccc1-n1cc2c(c1-c1ccc(C)c([N+](=O)[O-])c1)c(=O)n(C)c(=O)n2C. The zero-order valence-corrected chi connectivity index (χ0v) is 17.4. The predicted octanol–water partition coefficient (Wildman–Crippen LogP) is 2.92. The van der Waals surface area contributed by atoms with Crippen molar-refractivity contribution in [2.24, 2.45) is 14.1 Å². The largest absolute Gasteiger partial charge is 0.495 e. The first-order valence-corrected chi connectivity index (χ1v) is 9.46. The molecule has 0 radical (unpaired) electrons. The standard InChI is InChI=1S/C22H20N4O5/c1-13-9-10-14(11-16(13)26(29)30)20-19-17(23(2)22(28)24(3)21(19)27)12-25(20)15-7-5-6-8-18(15)31-4/h5-12H,1-4H3. The van der Waals surface area contributed by atoms with Gasteiger partial charge in [0, 0.05) is 37.5 Å². The summed E-state index contributed by atoms with van der Waals surface area (Å²) in [6, 6.07) is 12.0. The summed E-state index contributed by atoms with van der Waals surface area (Å²) in [6.07, 6.45) is 1.68. The van der Waals surface area contributed by atoms with Crippen molar-refractivity contribution in [3.63, 3.8) is 0 Å². The Morgan fingerprint density at radius 3 is 2.42 bits per heavy atom. The summed E-state index contributed by atoms with van der Waals surface area (Å²) in [5.41, 5.74) is 1.48. The number of rotatable bonds is 4. The minimum absolute atomic E-state index is 0.0555. The fourth-order valence-corrected chi connectivity index (χ4v) is 3.80. The number of fused-ring (bicyclic) bond motifs is 1. The van der Waals surface area contributed by atoms with Crippen LogP contribution in [0.5, 0.6) is 5.75 Å². The summed E-state index contributed by atoms with van der Waals surface area (Å²) < 4.78 is 9.64. The molecule has 4 aromatic rings. The quantitative estimate of drug-likeness (QED) is 0.373. The lowest BCUT2D eigenvalue weighted by Gasteiger charge is -2.13. The van der Waals surface area contributed by atoms with Crippen LogP contribution in [0.3, 0.4) is 0 Å². The lowest BCUT2D eigenvalue weighted by atomic mass is 10.1. The number of nitro benzene ring substituents is 1. The van der Waals surface area contributed by atoms with Crippen LogP contribution in [0.2, 0.25) is 0 Å². The van der Waals surface area contributed by atoms with Gasteiger partial charge in [0.25, 0.3) is 11.2 Å². The highest BCUT2D eigenvalue weighted by atomic mass is 16.6. The Kier molecular flexibility index (Phi) is 4.73. The molecule has 0 atom stereocenters. The second kappa shape index (κ2) is 7.28. The molecule has 9 heteroatoms. The van der Waals surface area contributed by atoms with E-state index in [9.17, 15) is 19.7 Å². The topological polar surface area (TPSA) is 101 Å². The molecule has 0 bridgehead atoms. The zero-order chi connectivity index (χ0) is 22.4. The first kappa shape index (κ1) is 20.1. The van der Waals surface area contributed by atoms with E-state index >= 15 is 0 Å². The second-order valence-corrected chi connectivity index (χ2v) is 7.24. The van der Waals surface area contributed by atoms with E-state index in [1.54, 1.807) is 42.9 Å². The van der Waals surface area contributed by atoms with Crippen LogP contribution < -0.4 is 16.0 Å². The van der Waals surface area contributed by atoms with Gasteiger partial charge in [-0.15, -0.1) is 0 Å². The summed E-state index contributed by atoms with van der Waals surface area (Å²) in [6.45, 7) is 1.65. The molecule has 0 saturated heterocycles. The molecule has 31 heavy (non-hydrogen) atoms. The van der Waals surface area contributed by atoms with Gasteiger partial charge >= 0.3 is 5.69 Å². The van der Waals surface area contributed by atoms with Crippen LogP contribution in [0.4, 0.5) is 5.69 Å². The van der Waals surface area contributed by atoms with E-state index in [2.05, 4.69) is 0 Å². The van der Waals surface area contributed by atoms with E-state index in [1.165, 1.54) is 24.8 Å². The van der Waals surface area contributed by atoms with E-state index in [4.69, 9.17) is 4.74 Å². The maximum absolute atomic E-state index is 13.2. The molecular weight excluding hydrogens is 400 g/mol. The number of aryl methyl sites for hydroxylation is 2. The smallest absolute Gasteiger partial charge is 0.330 e. The van der Waals surface area contributed by atoms with Crippen LogP contribution in [-0.4, -0.2) is 25.7 Å². The van der Waals surface area contributed by atoms with E-state index < -0.39 is 16.2 Å². The van der Waals surface area contributed by atoms with Gasteiger partial charge in [-0.1, -0.05) is 24.3 Å². The lowest BCUT2D eigenvalue weighted by molar-refractivity contribution is -0.385. The minimum Gasteiger partial charge on any atom is -0.495 e. The summed E-state index contributed by atoms with van der Waals surface area (Å²) >= 11 is 0. The molecule has 2 aromatic heterocycles. The monoisotopic (exact) mass is 420 g/mol. The van der Waals surface area contributed by atoms with Crippen LogP contribution in [0.15, 0.2) is 58.3 Å². The molecule has 2 heterocycles. The van der Waals surface area contributed by atoms with Crippen molar-refractivity contribution in [3.8, 4) is 22.7 Å². The molecule has 0 aliphatic heterocycles. The van der Waals surface area contributed by atoms with Gasteiger partial charge in [0.2, 0.25) is 0 Å². The van der Waals surface area contributed by atoms with Crippen LogP contribution in [0.1, 0.15) is 5.56 Å². The zero-order valence-electron chi connectivity index (χ0n) is 17.4. The van der Waals surface area contributed by atoms with Crippen LogP contribution >= 0.6 is 0 Å². The highest BCUT2D eigenvalue weighted by Crippen LogP contribution is 2.36. The predicted molar refractivity (Wildman–Crippen MR) is 117 cm³/mol. The molecule has 0 amide bonds. The average Bonchev–Trinajstić information content (AvgIpc) is 3.17. The molecule has 0 N–H and O–H groups in total. The number of ether oxygens (including phenoxy) is 1. The lowest BCUT2D eigenvalue weighted by Crippen LogP contribution is -2.36. The van der Waals surface area contributed by atoms with Crippen molar-refractivity contribution in [2.45, 2.75) is 6.92 Å². The van der Waals surface area contributed by atoms with E-state index in [-0.39, 0.29) is 11.1 Å². The van der Waals surface area contributed by atoms with Crippen molar-refractivity contribution in [1.29, 1.82) is 0 Å². The molecule has 0 spiro atoms. The summed E-state index contributed by atoms with van der Waals surface area (Å²) in [7, 11) is 4.52. The average molecular weight is 420 g/mol. The van der Waals surface area contributed by atoms with Gasteiger partial charge in [-0.25, -0.2) is 4.79 Å². The minimum atomic E-state index is -0.482. The number of nitro groups is 1. The first-order chi connectivity index (χ1) is 14.8. The summed E-state index contributed by atoms with van der Waals surface area (Å²) in [5.74, 6) is 0.549. The number of benzene rings is 2. The Morgan fingerprint density at radius 1 is 1.03 bits per heavy atom. The van der Waals surface area contributed by atoms with Crippen molar-refractivity contribution < 1.29 is 9.66 Å². The number of hydrogen-bond acceptors (Lipinski definition) is 5. The third-order valence-corrected chi connectivity index (χ3v) is 5.46. The number of hydrogen-bond donors (Lipinski definition) is 0. The van der Waals surface area contributed by atoms with Gasteiger partial charge in [0.15, 0.2) is 0 Å². The summed E-state index contributed by atoms with van der Waals surface area (Å²) in [4.78, 5) is 36.8. The third-order valence-electron chi connectivity index (χ3n) is 5.46. The van der Waals surface area contributed by atoms with Crippen molar-refractivity contribution in [3.05, 3.63) is 85.2 Å². The molecule has 4 rings (SSSR count). The number of methoxy groups -OCH3 is 1. The third kappa shape index (κ3) is 3.02. The maximum atomic E-state index is 13.2. The fourth-order valence-electron chi connectivity index (χ4n) is 3.80. The highest BCUT2D eigenvalue weighted by molar-refractivity contribution is 5.95. The molecule has 0 fully saturated rings. The number of nitrogens with zero attached hydrogens (tertiary/aromatic N) is 4. The molecule has 0 unspecified atom stereocenters. The highest BCUT2D eigenvalue weighted by Gasteiger charge is 2.23. The van der Waals surface area contributed by atoms with Gasteiger partial charge in [0.1, 0.15) is 5.75 Å².